The van der Waals surface area contributed by atoms with Gasteiger partial charge in [0.05, 0.1) is 19.0 Å². The van der Waals surface area contributed by atoms with Crippen molar-refractivity contribution in [1.29, 1.82) is 0 Å². The first-order valence-electron chi connectivity index (χ1n) is 11.5. The van der Waals surface area contributed by atoms with Crippen LogP contribution in [0.5, 0.6) is 0 Å². The first kappa shape index (κ1) is 25.7. The predicted octanol–water partition coefficient (Wildman–Crippen LogP) is 2.94. The highest BCUT2D eigenvalue weighted by molar-refractivity contribution is 5.96. The molecule has 0 aromatic heterocycles. The molecule has 0 radical (unpaired) electrons. The number of fused-ring (bicyclic) bond motifs is 1. The number of aliphatic hydroxyl groups is 1. The number of hydrogen-bond donors (Lipinski definition) is 4. The Kier molecular flexibility index (Phi) is 8.43. The molecular weight excluding hydrogens is 444 g/mol. The van der Waals surface area contributed by atoms with Crippen LogP contribution in [0.3, 0.4) is 0 Å². The molecule has 0 saturated heterocycles. The van der Waals surface area contributed by atoms with Crippen molar-refractivity contribution in [2.45, 2.75) is 32.4 Å². The summed E-state index contributed by atoms with van der Waals surface area (Å²) in [5, 5.41) is 15.0. The van der Waals surface area contributed by atoms with Crippen molar-refractivity contribution in [2.24, 2.45) is 17.4 Å². The van der Waals surface area contributed by atoms with Crippen LogP contribution in [0.1, 0.15) is 31.9 Å². The highest BCUT2D eigenvalue weighted by atomic mass is 16.3. The average molecular weight is 477 g/mol. The second kappa shape index (κ2) is 11.5. The molecule has 0 bridgehead atoms. The van der Waals surface area contributed by atoms with Gasteiger partial charge in [-0.25, -0.2) is 4.79 Å². The van der Waals surface area contributed by atoms with Gasteiger partial charge in [0.25, 0.3) is 0 Å². The number of nitrogens with two attached hydrogens (primary N) is 2. The van der Waals surface area contributed by atoms with Crippen LogP contribution in [0.4, 0.5) is 4.79 Å². The molecule has 6 N–H and O–H groups in total. The standard InChI is InChI=1S/C27H32N4O4/c1-17(2)15-31(16-24(32)26(29)34)27(35)30-23(14-25(28)33)20-12-10-19(11-13-20)22-9-5-7-18-6-3-4-8-21(18)22/h3-13,17,23-24,32H,14-16H2,1-2H3,(H2,28,33)(H2,29,34)(H,30,35). The molecule has 0 aliphatic heterocycles. The predicted molar refractivity (Wildman–Crippen MR) is 136 cm³/mol. The molecule has 0 fully saturated rings. The molecule has 0 aliphatic carbocycles. The van der Waals surface area contributed by atoms with Crippen molar-refractivity contribution in [2.75, 3.05) is 13.1 Å². The largest absolute Gasteiger partial charge is 0.381 e. The summed E-state index contributed by atoms with van der Waals surface area (Å²) in [6, 6.07) is 20.6. The van der Waals surface area contributed by atoms with Gasteiger partial charge >= 0.3 is 6.03 Å². The van der Waals surface area contributed by atoms with E-state index < -0.39 is 30.0 Å². The van der Waals surface area contributed by atoms with Crippen LogP contribution in [0.15, 0.2) is 66.7 Å². The van der Waals surface area contributed by atoms with Gasteiger partial charge in [-0.1, -0.05) is 80.6 Å². The lowest BCUT2D eigenvalue weighted by atomic mass is 9.95. The summed E-state index contributed by atoms with van der Waals surface area (Å²) in [6.07, 6.45) is -1.60. The fourth-order valence-corrected chi connectivity index (χ4v) is 4.05. The Hall–Kier alpha value is -3.91. The lowest BCUT2D eigenvalue weighted by Crippen LogP contribution is -2.49. The number of primary amides is 2. The number of nitrogens with zero attached hydrogens (tertiary/aromatic N) is 1. The summed E-state index contributed by atoms with van der Waals surface area (Å²) in [5.41, 5.74) is 13.4. The van der Waals surface area contributed by atoms with Crippen molar-refractivity contribution >= 4 is 28.6 Å². The summed E-state index contributed by atoms with van der Waals surface area (Å²) in [4.78, 5) is 37.4. The second-order valence-electron chi connectivity index (χ2n) is 9.04. The van der Waals surface area contributed by atoms with E-state index in [1.54, 1.807) is 0 Å². The van der Waals surface area contributed by atoms with Gasteiger partial charge in [-0.2, -0.15) is 0 Å². The summed E-state index contributed by atoms with van der Waals surface area (Å²) in [5.74, 6) is -1.40. The maximum atomic E-state index is 13.0. The Morgan fingerprint density at radius 2 is 1.57 bits per heavy atom. The third kappa shape index (κ3) is 6.80. The molecular formula is C27H32N4O4. The lowest BCUT2D eigenvalue weighted by Gasteiger charge is -2.29. The zero-order valence-corrected chi connectivity index (χ0v) is 20.0. The Labute approximate surface area is 204 Å². The van der Waals surface area contributed by atoms with Crippen LogP contribution < -0.4 is 16.8 Å². The van der Waals surface area contributed by atoms with Crippen LogP contribution in [-0.2, 0) is 9.59 Å². The van der Waals surface area contributed by atoms with Crippen LogP contribution in [0.2, 0.25) is 0 Å². The molecule has 4 amide bonds. The number of urea groups is 1. The molecule has 0 saturated carbocycles. The Morgan fingerprint density at radius 1 is 0.914 bits per heavy atom. The van der Waals surface area contributed by atoms with E-state index in [0.29, 0.717) is 12.1 Å². The van der Waals surface area contributed by atoms with Gasteiger partial charge in [-0.3, -0.25) is 9.59 Å². The number of carbonyl (C=O) groups is 3. The van der Waals surface area contributed by atoms with Crippen LogP contribution in [0.25, 0.3) is 21.9 Å². The number of rotatable bonds is 10. The second-order valence-corrected chi connectivity index (χ2v) is 9.04. The molecule has 8 heteroatoms. The van der Waals surface area contributed by atoms with Crippen LogP contribution in [0, 0.1) is 5.92 Å². The zero-order valence-electron chi connectivity index (χ0n) is 20.0. The third-order valence-electron chi connectivity index (χ3n) is 5.71. The molecule has 35 heavy (non-hydrogen) atoms. The first-order valence-corrected chi connectivity index (χ1v) is 11.5. The van der Waals surface area contributed by atoms with Gasteiger partial charge in [-0.15, -0.1) is 0 Å². The number of hydrogen-bond acceptors (Lipinski definition) is 4. The van der Waals surface area contributed by atoms with Gasteiger partial charge in [0.1, 0.15) is 6.10 Å². The van der Waals surface area contributed by atoms with Gasteiger partial charge in [0, 0.05) is 6.54 Å². The molecule has 2 unspecified atom stereocenters. The van der Waals surface area contributed by atoms with Crippen molar-refractivity contribution in [3.8, 4) is 11.1 Å². The Balaban J connectivity index is 1.85. The maximum absolute atomic E-state index is 13.0. The smallest absolute Gasteiger partial charge is 0.318 e. The van der Waals surface area contributed by atoms with E-state index in [-0.39, 0.29) is 18.9 Å². The zero-order chi connectivity index (χ0) is 25.5. The average Bonchev–Trinajstić information content (AvgIpc) is 2.82. The molecule has 3 aromatic carbocycles. The minimum Gasteiger partial charge on any atom is -0.381 e. The van der Waals surface area contributed by atoms with E-state index in [1.165, 1.54) is 4.90 Å². The van der Waals surface area contributed by atoms with Crippen molar-refractivity contribution in [3.63, 3.8) is 0 Å². The quantitative estimate of drug-likeness (QED) is 0.357. The monoisotopic (exact) mass is 476 g/mol. The Morgan fingerprint density at radius 3 is 2.20 bits per heavy atom. The Bertz CT molecular complexity index is 1190. The normalized spacial score (nSPS) is 12.8. The number of carbonyl (C=O) groups excluding carboxylic acids is 3. The van der Waals surface area contributed by atoms with Gasteiger partial charge in [-0.05, 0) is 33.4 Å². The summed E-state index contributed by atoms with van der Waals surface area (Å²) in [7, 11) is 0. The van der Waals surface area contributed by atoms with Crippen LogP contribution in [-0.4, -0.2) is 47.0 Å². The van der Waals surface area contributed by atoms with E-state index in [1.807, 2.05) is 62.4 Å². The highest BCUT2D eigenvalue weighted by Crippen LogP contribution is 2.30. The topological polar surface area (TPSA) is 139 Å². The van der Waals surface area contributed by atoms with E-state index >= 15 is 0 Å². The molecule has 8 nitrogen and oxygen atoms in total. The van der Waals surface area contributed by atoms with E-state index in [9.17, 15) is 19.5 Å². The number of nitrogens with one attached hydrogen (secondary N) is 1. The molecule has 0 spiro atoms. The summed E-state index contributed by atoms with van der Waals surface area (Å²) >= 11 is 0. The van der Waals surface area contributed by atoms with Crippen molar-refractivity contribution in [3.05, 3.63) is 72.3 Å². The molecule has 3 aromatic rings. The number of benzene rings is 3. The van der Waals surface area contributed by atoms with E-state index in [4.69, 9.17) is 11.5 Å². The summed E-state index contributed by atoms with van der Waals surface area (Å²) in [6.45, 7) is 3.86. The maximum Gasteiger partial charge on any atom is 0.318 e. The SMILES string of the molecule is CC(C)CN(CC(O)C(N)=O)C(=O)NC(CC(N)=O)c1ccc(-c2cccc3ccccc23)cc1. The van der Waals surface area contributed by atoms with Crippen molar-refractivity contribution in [1.82, 2.24) is 10.2 Å². The lowest BCUT2D eigenvalue weighted by molar-refractivity contribution is -0.126. The van der Waals surface area contributed by atoms with Crippen molar-refractivity contribution < 1.29 is 19.5 Å². The summed E-state index contributed by atoms with van der Waals surface area (Å²) < 4.78 is 0. The molecule has 2 atom stereocenters. The molecule has 3 rings (SSSR count). The fraction of sp³-hybridized carbons (Fsp3) is 0.296. The minimum atomic E-state index is -1.49. The molecule has 0 aliphatic rings. The van der Waals surface area contributed by atoms with Gasteiger partial charge in [0.15, 0.2) is 0 Å². The number of aliphatic hydroxyl groups excluding tert-OH is 1. The van der Waals surface area contributed by atoms with Gasteiger partial charge < -0.3 is 26.8 Å². The molecule has 0 heterocycles. The fourth-order valence-electron chi connectivity index (χ4n) is 4.05. The first-order chi connectivity index (χ1) is 16.7. The van der Waals surface area contributed by atoms with E-state index in [2.05, 4.69) is 23.5 Å². The van der Waals surface area contributed by atoms with Crippen LogP contribution >= 0.6 is 0 Å². The highest BCUT2D eigenvalue weighted by Gasteiger charge is 2.25. The third-order valence-corrected chi connectivity index (χ3v) is 5.71. The van der Waals surface area contributed by atoms with Gasteiger partial charge in [0.2, 0.25) is 11.8 Å². The van der Waals surface area contributed by atoms with E-state index in [0.717, 1.165) is 21.9 Å². The molecule has 184 valence electrons. The minimum absolute atomic E-state index is 0.0791. The number of amides is 4.